The standard InChI is InChI=1S/C11H12N2OS2/c1-2-8(10(12)15)13-11(14)7-5-3-4-6-9(7)16-13/h3-6,8H,2H2,1H3,(H2,12,15). The van der Waals surface area contributed by atoms with Crippen LogP contribution in [-0.4, -0.2) is 8.95 Å². The van der Waals surface area contributed by atoms with E-state index in [2.05, 4.69) is 0 Å². The van der Waals surface area contributed by atoms with Crippen molar-refractivity contribution in [2.45, 2.75) is 19.4 Å². The van der Waals surface area contributed by atoms with Crippen LogP contribution >= 0.6 is 23.8 Å². The van der Waals surface area contributed by atoms with Gasteiger partial charge in [0.1, 0.15) is 0 Å². The highest BCUT2D eigenvalue weighted by molar-refractivity contribution is 7.80. The number of thiocarbonyl (C=S) groups is 1. The number of nitrogens with two attached hydrogens (primary N) is 1. The molecule has 1 atom stereocenters. The SMILES string of the molecule is CCC(C(N)=S)n1sc2ccccc2c1=O. The van der Waals surface area contributed by atoms with E-state index in [1.165, 1.54) is 11.5 Å². The van der Waals surface area contributed by atoms with E-state index in [-0.39, 0.29) is 11.6 Å². The molecule has 0 aliphatic rings. The third-order valence-electron chi connectivity index (χ3n) is 2.51. The summed E-state index contributed by atoms with van der Waals surface area (Å²) in [5, 5.41) is 0.738. The first-order valence-electron chi connectivity index (χ1n) is 5.05. The summed E-state index contributed by atoms with van der Waals surface area (Å²) < 4.78 is 2.65. The highest BCUT2D eigenvalue weighted by Crippen LogP contribution is 2.21. The summed E-state index contributed by atoms with van der Waals surface area (Å²) >= 11 is 6.41. The molecule has 16 heavy (non-hydrogen) atoms. The van der Waals surface area contributed by atoms with Crippen LogP contribution in [0.3, 0.4) is 0 Å². The summed E-state index contributed by atoms with van der Waals surface area (Å²) in [7, 11) is 0. The molecule has 84 valence electrons. The van der Waals surface area contributed by atoms with Gasteiger partial charge < -0.3 is 5.73 Å². The van der Waals surface area contributed by atoms with Crippen LogP contribution in [0.15, 0.2) is 29.1 Å². The lowest BCUT2D eigenvalue weighted by Gasteiger charge is -2.12. The molecule has 0 fully saturated rings. The Hall–Kier alpha value is -1.20. The lowest BCUT2D eigenvalue weighted by Crippen LogP contribution is -2.28. The third-order valence-corrected chi connectivity index (χ3v) is 3.95. The van der Waals surface area contributed by atoms with Gasteiger partial charge in [0.25, 0.3) is 5.56 Å². The topological polar surface area (TPSA) is 48.0 Å². The zero-order valence-electron chi connectivity index (χ0n) is 8.84. The molecule has 0 amide bonds. The first-order valence-corrected chi connectivity index (χ1v) is 6.23. The molecule has 0 aliphatic carbocycles. The molecule has 1 heterocycles. The Morgan fingerprint density at radius 2 is 2.25 bits per heavy atom. The second-order valence-corrected chi connectivity index (χ2v) is 5.03. The Labute approximate surface area is 103 Å². The van der Waals surface area contributed by atoms with Crippen molar-refractivity contribution >= 4 is 38.8 Å². The summed E-state index contributed by atoms with van der Waals surface area (Å²) in [6.07, 6.45) is 0.738. The van der Waals surface area contributed by atoms with E-state index in [0.717, 1.165) is 16.5 Å². The van der Waals surface area contributed by atoms with Gasteiger partial charge in [-0.15, -0.1) is 0 Å². The monoisotopic (exact) mass is 252 g/mol. The Kier molecular flexibility index (Phi) is 3.07. The lowest BCUT2D eigenvalue weighted by molar-refractivity contribution is 0.653. The van der Waals surface area contributed by atoms with Gasteiger partial charge in [-0.1, -0.05) is 42.8 Å². The minimum atomic E-state index is -0.167. The number of hydrogen-bond acceptors (Lipinski definition) is 3. The molecular formula is C11H12N2OS2. The largest absolute Gasteiger partial charge is 0.392 e. The molecule has 2 rings (SSSR count). The van der Waals surface area contributed by atoms with Gasteiger partial charge in [-0.05, 0) is 18.6 Å². The van der Waals surface area contributed by atoms with Gasteiger partial charge >= 0.3 is 0 Å². The second-order valence-electron chi connectivity index (χ2n) is 3.54. The van der Waals surface area contributed by atoms with Gasteiger partial charge in [-0.25, -0.2) is 0 Å². The molecule has 0 spiro atoms. The highest BCUT2D eigenvalue weighted by Gasteiger charge is 2.17. The molecule has 5 heteroatoms. The van der Waals surface area contributed by atoms with Gasteiger partial charge in [0.2, 0.25) is 0 Å². The molecule has 1 unspecified atom stereocenters. The number of rotatable bonds is 3. The van der Waals surface area contributed by atoms with Gasteiger partial charge in [0.05, 0.1) is 21.1 Å². The fraction of sp³-hybridized carbons (Fsp3) is 0.273. The summed E-state index contributed by atoms with van der Waals surface area (Å²) in [5.74, 6) is 0. The Balaban J connectivity index is 2.65. The molecule has 3 nitrogen and oxygen atoms in total. The van der Waals surface area contributed by atoms with Crippen LogP contribution in [0.25, 0.3) is 10.1 Å². The molecule has 0 saturated carbocycles. The van der Waals surface area contributed by atoms with E-state index < -0.39 is 0 Å². The normalized spacial score (nSPS) is 12.8. The second kappa shape index (κ2) is 4.35. The van der Waals surface area contributed by atoms with Crippen LogP contribution < -0.4 is 11.3 Å². The average Bonchev–Trinajstić information content (AvgIpc) is 2.58. The van der Waals surface area contributed by atoms with Crippen molar-refractivity contribution in [2.24, 2.45) is 5.73 Å². The number of fused-ring (bicyclic) bond motifs is 1. The van der Waals surface area contributed by atoms with Crippen molar-refractivity contribution in [3.63, 3.8) is 0 Å². The fourth-order valence-corrected chi connectivity index (χ4v) is 3.19. The summed E-state index contributed by atoms with van der Waals surface area (Å²) in [6, 6.07) is 7.38. The van der Waals surface area contributed by atoms with Crippen molar-refractivity contribution in [2.75, 3.05) is 0 Å². The van der Waals surface area contributed by atoms with Crippen molar-refractivity contribution in [1.82, 2.24) is 3.96 Å². The van der Waals surface area contributed by atoms with E-state index >= 15 is 0 Å². The van der Waals surface area contributed by atoms with Crippen LogP contribution in [-0.2, 0) is 0 Å². The van der Waals surface area contributed by atoms with Crippen molar-refractivity contribution in [3.05, 3.63) is 34.6 Å². The molecule has 1 aromatic heterocycles. The van der Waals surface area contributed by atoms with Crippen LogP contribution in [0.5, 0.6) is 0 Å². The maximum Gasteiger partial charge on any atom is 0.269 e. The Bertz CT molecular complexity index is 585. The quantitative estimate of drug-likeness (QED) is 0.853. The van der Waals surface area contributed by atoms with E-state index in [4.69, 9.17) is 18.0 Å². The van der Waals surface area contributed by atoms with Crippen molar-refractivity contribution < 1.29 is 0 Å². The van der Waals surface area contributed by atoms with Crippen LogP contribution in [0.2, 0.25) is 0 Å². The highest BCUT2D eigenvalue weighted by atomic mass is 32.1. The van der Waals surface area contributed by atoms with Gasteiger partial charge in [-0.2, -0.15) is 0 Å². The van der Waals surface area contributed by atoms with Gasteiger partial charge in [0.15, 0.2) is 0 Å². The van der Waals surface area contributed by atoms with E-state index in [1.54, 1.807) is 3.96 Å². The molecule has 0 radical (unpaired) electrons. The third kappa shape index (κ3) is 1.76. The molecule has 0 bridgehead atoms. The van der Waals surface area contributed by atoms with Gasteiger partial charge in [0, 0.05) is 0 Å². The maximum absolute atomic E-state index is 12.1. The first-order chi connectivity index (χ1) is 7.65. The fourth-order valence-electron chi connectivity index (χ4n) is 1.68. The van der Waals surface area contributed by atoms with Crippen molar-refractivity contribution in [1.29, 1.82) is 0 Å². The summed E-state index contributed by atoms with van der Waals surface area (Å²) in [5.41, 5.74) is 5.65. The number of nitrogens with zero attached hydrogens (tertiary/aromatic N) is 1. The van der Waals surface area contributed by atoms with E-state index in [0.29, 0.717) is 4.99 Å². The molecule has 2 aromatic rings. The Morgan fingerprint density at radius 1 is 1.56 bits per heavy atom. The summed E-state index contributed by atoms with van der Waals surface area (Å²) in [4.78, 5) is 12.5. The predicted molar refractivity (Wildman–Crippen MR) is 72.2 cm³/mol. The Morgan fingerprint density at radius 3 is 2.81 bits per heavy atom. The summed E-state index contributed by atoms with van der Waals surface area (Å²) in [6.45, 7) is 1.97. The van der Waals surface area contributed by atoms with E-state index in [1.807, 2.05) is 31.2 Å². The molecule has 2 N–H and O–H groups in total. The smallest absolute Gasteiger partial charge is 0.269 e. The first kappa shape index (κ1) is 11.3. The zero-order chi connectivity index (χ0) is 11.7. The van der Waals surface area contributed by atoms with Gasteiger partial charge in [-0.3, -0.25) is 8.75 Å². The molecular weight excluding hydrogens is 240 g/mol. The molecule has 0 aliphatic heterocycles. The number of benzene rings is 1. The van der Waals surface area contributed by atoms with E-state index in [9.17, 15) is 4.79 Å². The number of hydrogen-bond donors (Lipinski definition) is 1. The molecule has 1 aromatic carbocycles. The average molecular weight is 252 g/mol. The lowest BCUT2D eigenvalue weighted by atomic mass is 10.2. The van der Waals surface area contributed by atoms with Crippen LogP contribution in [0, 0.1) is 0 Å². The maximum atomic E-state index is 12.1. The van der Waals surface area contributed by atoms with Crippen molar-refractivity contribution in [3.8, 4) is 0 Å². The van der Waals surface area contributed by atoms with Crippen LogP contribution in [0.1, 0.15) is 19.4 Å². The minimum absolute atomic E-state index is 0.000231. The number of aromatic nitrogens is 1. The van der Waals surface area contributed by atoms with Crippen LogP contribution in [0.4, 0.5) is 0 Å². The molecule has 0 saturated heterocycles. The predicted octanol–water partition coefficient (Wildman–Crippen LogP) is 2.30. The minimum Gasteiger partial charge on any atom is -0.392 e. The zero-order valence-corrected chi connectivity index (χ0v) is 10.5.